The van der Waals surface area contributed by atoms with Gasteiger partial charge < -0.3 is 4.52 Å². The molecule has 1 amide bonds. The van der Waals surface area contributed by atoms with Crippen molar-refractivity contribution in [2.75, 3.05) is 5.32 Å². The molecule has 0 saturated carbocycles. The van der Waals surface area contributed by atoms with Crippen molar-refractivity contribution >= 4 is 11.8 Å². The number of carbonyl (C=O) groups excluding carboxylic acids is 1. The zero-order valence-electron chi connectivity index (χ0n) is 16.2. The number of hydrogen-bond acceptors (Lipinski definition) is 5. The van der Waals surface area contributed by atoms with E-state index < -0.39 is 0 Å². The van der Waals surface area contributed by atoms with Crippen LogP contribution < -0.4 is 5.32 Å². The molecule has 0 spiro atoms. The van der Waals surface area contributed by atoms with E-state index in [1.54, 1.807) is 12.3 Å². The number of amides is 1. The van der Waals surface area contributed by atoms with E-state index in [9.17, 15) is 4.79 Å². The number of rotatable bonds is 5. The molecule has 0 unspecified atom stereocenters. The number of aromatic nitrogens is 3. The topological polar surface area (TPSA) is 80.9 Å². The number of nitrogens with zero attached hydrogens (tertiary/aromatic N) is 3. The molecule has 2 aromatic heterocycles. The maximum absolute atomic E-state index is 12.6. The first kappa shape index (κ1) is 18.6. The Morgan fingerprint density at radius 1 is 1.03 bits per heavy atom. The Labute approximate surface area is 168 Å². The number of anilines is 1. The van der Waals surface area contributed by atoms with E-state index in [1.807, 2.05) is 62.4 Å². The zero-order chi connectivity index (χ0) is 20.2. The second kappa shape index (κ2) is 8.06. The second-order valence-corrected chi connectivity index (χ2v) is 6.91. The van der Waals surface area contributed by atoms with Crippen LogP contribution in [0.2, 0.25) is 0 Å². The molecule has 4 aromatic rings. The number of aryl methyl sites for hydroxylation is 2. The van der Waals surface area contributed by atoms with Gasteiger partial charge in [-0.25, -0.2) is 9.97 Å². The van der Waals surface area contributed by atoms with Crippen LogP contribution in [-0.4, -0.2) is 21.0 Å². The summed E-state index contributed by atoms with van der Waals surface area (Å²) in [5, 5.41) is 7.08. The Bertz CT molecular complexity index is 1150. The van der Waals surface area contributed by atoms with Gasteiger partial charge in [0.25, 0.3) is 0 Å². The van der Waals surface area contributed by atoms with Gasteiger partial charge in [-0.05, 0) is 31.5 Å². The molecule has 6 heteroatoms. The van der Waals surface area contributed by atoms with Crippen molar-refractivity contribution in [3.05, 3.63) is 83.8 Å². The summed E-state index contributed by atoms with van der Waals surface area (Å²) in [7, 11) is 0. The molecule has 0 fully saturated rings. The van der Waals surface area contributed by atoms with Crippen LogP contribution in [0.25, 0.3) is 22.5 Å². The third-order valence-electron chi connectivity index (χ3n) is 4.52. The van der Waals surface area contributed by atoms with Gasteiger partial charge in [-0.3, -0.25) is 10.1 Å². The fourth-order valence-electron chi connectivity index (χ4n) is 3.22. The molecule has 6 nitrogen and oxygen atoms in total. The van der Waals surface area contributed by atoms with Crippen LogP contribution in [0, 0.1) is 13.8 Å². The van der Waals surface area contributed by atoms with Crippen molar-refractivity contribution < 1.29 is 9.32 Å². The van der Waals surface area contributed by atoms with Gasteiger partial charge in [0.2, 0.25) is 11.8 Å². The molecule has 0 saturated heterocycles. The minimum atomic E-state index is -0.183. The zero-order valence-corrected chi connectivity index (χ0v) is 16.2. The minimum Gasteiger partial charge on any atom is -0.337 e. The maximum Gasteiger partial charge on any atom is 0.241 e. The molecule has 1 N–H and O–H groups in total. The lowest BCUT2D eigenvalue weighted by molar-refractivity contribution is -0.115. The largest absolute Gasteiger partial charge is 0.337 e. The number of nitrogens with one attached hydrogen (secondary N) is 1. The molecule has 0 aliphatic rings. The number of benzene rings is 2. The lowest BCUT2D eigenvalue weighted by Gasteiger charge is -2.06. The van der Waals surface area contributed by atoms with E-state index in [2.05, 4.69) is 20.4 Å². The van der Waals surface area contributed by atoms with Gasteiger partial charge in [0.1, 0.15) is 12.0 Å². The monoisotopic (exact) mass is 384 g/mol. The highest BCUT2D eigenvalue weighted by molar-refractivity contribution is 5.97. The highest BCUT2D eigenvalue weighted by Crippen LogP contribution is 2.36. The van der Waals surface area contributed by atoms with Crippen LogP contribution in [0.4, 0.5) is 5.88 Å². The van der Waals surface area contributed by atoms with Crippen molar-refractivity contribution in [3.8, 4) is 22.5 Å². The van der Waals surface area contributed by atoms with Crippen molar-refractivity contribution in [3.63, 3.8) is 0 Å². The molecule has 2 heterocycles. The fraction of sp³-hybridized carbons (Fsp3) is 0.130. The van der Waals surface area contributed by atoms with E-state index in [0.29, 0.717) is 17.0 Å². The summed E-state index contributed by atoms with van der Waals surface area (Å²) < 4.78 is 5.53. The highest BCUT2D eigenvalue weighted by Gasteiger charge is 2.22. The predicted octanol–water partition coefficient (Wildman–Crippen LogP) is 4.60. The van der Waals surface area contributed by atoms with E-state index in [-0.39, 0.29) is 18.2 Å². The van der Waals surface area contributed by atoms with Crippen LogP contribution in [0.3, 0.4) is 0 Å². The quantitative estimate of drug-likeness (QED) is 0.544. The average molecular weight is 384 g/mol. The number of hydrogen-bond donors (Lipinski definition) is 1. The molecule has 29 heavy (non-hydrogen) atoms. The van der Waals surface area contributed by atoms with Crippen LogP contribution in [-0.2, 0) is 11.2 Å². The van der Waals surface area contributed by atoms with Gasteiger partial charge in [-0.15, -0.1) is 0 Å². The summed E-state index contributed by atoms with van der Waals surface area (Å²) >= 11 is 0. The first-order valence-corrected chi connectivity index (χ1v) is 9.28. The molecular weight excluding hydrogens is 364 g/mol. The van der Waals surface area contributed by atoms with Crippen molar-refractivity contribution in [2.45, 2.75) is 20.3 Å². The molecular formula is C23H20N4O2. The fourth-order valence-corrected chi connectivity index (χ4v) is 3.22. The SMILES string of the molecule is Cc1cccc(CC(=O)Nc2onc(-c3cccc(C)c3)c2-c2ccncn2)c1. The summed E-state index contributed by atoms with van der Waals surface area (Å²) in [4.78, 5) is 21.0. The van der Waals surface area contributed by atoms with Gasteiger partial charge in [-0.1, -0.05) is 58.7 Å². The van der Waals surface area contributed by atoms with Crippen molar-refractivity contribution in [1.82, 2.24) is 15.1 Å². The van der Waals surface area contributed by atoms with Gasteiger partial charge in [0.15, 0.2) is 0 Å². The third kappa shape index (κ3) is 4.21. The van der Waals surface area contributed by atoms with Crippen molar-refractivity contribution in [2.24, 2.45) is 0 Å². The molecule has 0 atom stereocenters. The smallest absolute Gasteiger partial charge is 0.241 e. The van der Waals surface area contributed by atoms with E-state index in [1.165, 1.54) is 6.33 Å². The Balaban J connectivity index is 1.69. The lowest BCUT2D eigenvalue weighted by atomic mass is 10.0. The van der Waals surface area contributed by atoms with Crippen LogP contribution in [0.1, 0.15) is 16.7 Å². The standard InChI is InChI=1S/C23H20N4O2/c1-15-5-3-7-17(11-15)13-20(28)26-23-21(19-9-10-24-14-25-19)22(27-29-23)18-8-4-6-16(2)12-18/h3-12,14H,13H2,1-2H3,(H,26,28). The van der Waals surface area contributed by atoms with Crippen LogP contribution in [0.5, 0.6) is 0 Å². The normalized spacial score (nSPS) is 10.7. The average Bonchev–Trinajstić information content (AvgIpc) is 3.12. The molecule has 144 valence electrons. The Kier molecular flexibility index (Phi) is 5.16. The summed E-state index contributed by atoms with van der Waals surface area (Å²) in [6.45, 7) is 4.01. The van der Waals surface area contributed by atoms with Gasteiger partial charge >= 0.3 is 0 Å². The first-order chi connectivity index (χ1) is 14.1. The Morgan fingerprint density at radius 2 is 1.83 bits per heavy atom. The summed E-state index contributed by atoms with van der Waals surface area (Å²) in [6.07, 6.45) is 3.35. The highest BCUT2D eigenvalue weighted by atomic mass is 16.5. The minimum absolute atomic E-state index is 0.183. The van der Waals surface area contributed by atoms with Gasteiger partial charge in [0, 0.05) is 11.8 Å². The maximum atomic E-state index is 12.6. The molecule has 2 aromatic carbocycles. The molecule has 0 aliphatic heterocycles. The van der Waals surface area contributed by atoms with E-state index in [4.69, 9.17) is 4.52 Å². The Morgan fingerprint density at radius 3 is 2.55 bits per heavy atom. The second-order valence-electron chi connectivity index (χ2n) is 6.91. The summed E-state index contributed by atoms with van der Waals surface area (Å²) in [5.41, 5.74) is 5.92. The summed E-state index contributed by atoms with van der Waals surface area (Å²) in [5.74, 6) is 0.0932. The predicted molar refractivity (Wildman–Crippen MR) is 111 cm³/mol. The van der Waals surface area contributed by atoms with Gasteiger partial charge in [-0.2, -0.15) is 0 Å². The van der Waals surface area contributed by atoms with E-state index >= 15 is 0 Å². The lowest BCUT2D eigenvalue weighted by Crippen LogP contribution is -2.14. The molecule has 0 radical (unpaired) electrons. The van der Waals surface area contributed by atoms with Crippen LogP contribution >= 0.6 is 0 Å². The Hall–Kier alpha value is -3.80. The summed E-state index contributed by atoms with van der Waals surface area (Å²) in [6, 6.07) is 17.6. The molecule has 4 rings (SSSR count). The van der Waals surface area contributed by atoms with Crippen LogP contribution in [0.15, 0.2) is 71.6 Å². The van der Waals surface area contributed by atoms with E-state index in [0.717, 1.165) is 22.3 Å². The molecule has 0 bridgehead atoms. The molecule has 0 aliphatic carbocycles. The number of carbonyl (C=O) groups is 1. The van der Waals surface area contributed by atoms with Gasteiger partial charge in [0.05, 0.1) is 17.7 Å². The third-order valence-corrected chi connectivity index (χ3v) is 4.52. The van der Waals surface area contributed by atoms with Crippen molar-refractivity contribution in [1.29, 1.82) is 0 Å². The first-order valence-electron chi connectivity index (χ1n) is 9.28.